The second-order valence-electron chi connectivity index (χ2n) is 6.42. The van der Waals surface area contributed by atoms with Crippen LogP contribution in [0.2, 0.25) is 0 Å². The molecule has 1 aliphatic carbocycles. The fourth-order valence-corrected chi connectivity index (χ4v) is 2.99. The van der Waals surface area contributed by atoms with Gasteiger partial charge in [0.15, 0.2) is 0 Å². The molecule has 0 amide bonds. The average molecular weight is 344 g/mol. The quantitative estimate of drug-likeness (QED) is 0.388. The number of aryl methyl sites for hydroxylation is 1. The van der Waals surface area contributed by atoms with Crippen molar-refractivity contribution < 1.29 is 0 Å². The van der Waals surface area contributed by atoms with Gasteiger partial charge in [-0.15, -0.1) is 0 Å². The first kappa shape index (κ1) is 19.7. The molecule has 0 fully saturated rings. The van der Waals surface area contributed by atoms with Gasteiger partial charge < -0.3 is 0 Å². The number of benzene rings is 1. The topological polar surface area (TPSA) is 12.4 Å². The first-order chi connectivity index (χ1) is 12.6. The van der Waals surface area contributed by atoms with Gasteiger partial charge in [-0.2, -0.15) is 0 Å². The molecule has 134 valence electrons. The van der Waals surface area contributed by atoms with Gasteiger partial charge in [0.05, 0.1) is 11.4 Å². The van der Waals surface area contributed by atoms with Crippen LogP contribution in [0.4, 0.5) is 0 Å². The minimum atomic E-state index is 0.973. The Morgan fingerprint density at radius 3 is 2.27 bits per heavy atom. The Morgan fingerprint density at radius 2 is 1.69 bits per heavy atom. The first-order valence-corrected chi connectivity index (χ1v) is 9.26. The van der Waals surface area contributed by atoms with Crippen molar-refractivity contribution in [2.75, 3.05) is 0 Å². The zero-order valence-electron chi connectivity index (χ0n) is 16.4. The van der Waals surface area contributed by atoms with Crippen molar-refractivity contribution in [3.8, 4) is 0 Å². The number of allylic oxidation sites excluding steroid dienone is 9. The smallest absolute Gasteiger partial charge is 0.0780 e. The molecule has 1 nitrogen and oxygen atoms in total. The summed E-state index contributed by atoms with van der Waals surface area (Å²) in [4.78, 5) is 5.11. The van der Waals surface area contributed by atoms with Crippen LogP contribution in [0.5, 0.6) is 0 Å². The summed E-state index contributed by atoms with van der Waals surface area (Å²) in [5.74, 6) is 0. The predicted molar refractivity (Wildman–Crippen MR) is 116 cm³/mol. The van der Waals surface area contributed by atoms with Crippen LogP contribution in [-0.4, -0.2) is 5.71 Å². The second-order valence-corrected chi connectivity index (χ2v) is 6.42. The largest absolute Gasteiger partial charge is 0.248 e. The lowest BCUT2D eigenvalue weighted by atomic mass is 9.91. The Morgan fingerprint density at radius 1 is 1.00 bits per heavy atom. The third-order valence-electron chi connectivity index (χ3n) is 4.49. The molecule has 1 aromatic carbocycles. The van der Waals surface area contributed by atoms with E-state index < -0.39 is 0 Å². The fourth-order valence-electron chi connectivity index (χ4n) is 2.99. The van der Waals surface area contributed by atoms with Crippen LogP contribution in [-0.2, 0) is 0 Å². The van der Waals surface area contributed by atoms with E-state index in [1.54, 1.807) is 6.08 Å². The van der Waals surface area contributed by atoms with Gasteiger partial charge in [0.2, 0.25) is 0 Å². The number of rotatable bonds is 6. The summed E-state index contributed by atoms with van der Waals surface area (Å²) in [5, 5.41) is 0. The van der Waals surface area contributed by atoms with Crippen molar-refractivity contribution in [1.29, 1.82) is 0 Å². The Hall–Kier alpha value is -2.67. The summed E-state index contributed by atoms with van der Waals surface area (Å²) in [5.41, 5.74) is 8.05. The van der Waals surface area contributed by atoms with Crippen molar-refractivity contribution in [3.63, 3.8) is 0 Å². The Labute approximate surface area is 158 Å². The molecule has 1 heteroatoms. The molecule has 0 spiro atoms. The molecule has 0 atom stereocenters. The van der Waals surface area contributed by atoms with Crippen LogP contribution >= 0.6 is 0 Å². The Bertz CT molecular complexity index is 821. The van der Waals surface area contributed by atoms with Crippen molar-refractivity contribution in [2.24, 2.45) is 4.99 Å². The molecule has 0 bridgehead atoms. The van der Waals surface area contributed by atoms with E-state index in [9.17, 15) is 0 Å². The van der Waals surface area contributed by atoms with E-state index in [1.807, 2.05) is 19.9 Å². The average Bonchev–Trinajstić information content (AvgIpc) is 2.66. The lowest BCUT2D eigenvalue weighted by Gasteiger charge is -2.17. The highest BCUT2D eigenvalue weighted by molar-refractivity contribution is 6.15. The molecule has 0 heterocycles. The number of hydrogen-bond donors (Lipinski definition) is 0. The molecule has 0 aliphatic heterocycles. The zero-order chi connectivity index (χ0) is 18.9. The molecule has 1 aliphatic rings. The molecule has 0 aromatic heterocycles. The van der Waals surface area contributed by atoms with E-state index in [1.165, 1.54) is 16.7 Å². The normalized spacial score (nSPS) is 16.5. The third kappa shape index (κ3) is 4.92. The van der Waals surface area contributed by atoms with Crippen LogP contribution < -0.4 is 0 Å². The second kappa shape index (κ2) is 9.72. The lowest BCUT2D eigenvalue weighted by molar-refractivity contribution is 1.00. The standard InChI is InChI=1S/C25H29N/c1-6-9-13-21(7-2)24(8-3)26-25(22-17-15-19(4)16-18-22)23-14-11-10-12-20(23)5/h6-9,12-18H,1,10-11H2,2-5H3/b13-9-,21-7+,24-8+,26-25?. The summed E-state index contributed by atoms with van der Waals surface area (Å²) in [6.45, 7) is 12.1. The van der Waals surface area contributed by atoms with Crippen molar-refractivity contribution >= 4 is 5.71 Å². The van der Waals surface area contributed by atoms with E-state index in [2.05, 4.69) is 75.1 Å². The molecular formula is C25H29N. The number of hydrogen-bond acceptors (Lipinski definition) is 1. The molecule has 0 N–H and O–H groups in total. The maximum Gasteiger partial charge on any atom is 0.0780 e. The van der Waals surface area contributed by atoms with Crippen LogP contribution in [0.15, 0.2) is 101 Å². The predicted octanol–water partition coefficient (Wildman–Crippen LogP) is 7.04. The Balaban J connectivity index is 2.59. The van der Waals surface area contributed by atoms with Gasteiger partial charge in [0.1, 0.15) is 0 Å². The van der Waals surface area contributed by atoms with E-state index in [4.69, 9.17) is 4.99 Å². The summed E-state index contributed by atoms with van der Waals surface area (Å²) >= 11 is 0. The number of aliphatic imine (C=N–C) groups is 1. The minimum absolute atomic E-state index is 0.973. The van der Waals surface area contributed by atoms with E-state index >= 15 is 0 Å². The summed E-state index contributed by atoms with van der Waals surface area (Å²) in [6.07, 6.45) is 16.7. The van der Waals surface area contributed by atoms with Gasteiger partial charge in [-0.3, -0.25) is 0 Å². The monoisotopic (exact) mass is 343 g/mol. The molecule has 2 rings (SSSR count). The van der Waals surface area contributed by atoms with Gasteiger partial charge in [0, 0.05) is 5.56 Å². The van der Waals surface area contributed by atoms with Crippen molar-refractivity contribution in [2.45, 2.75) is 40.5 Å². The molecule has 0 saturated carbocycles. The van der Waals surface area contributed by atoms with E-state index in [0.29, 0.717) is 0 Å². The molecule has 0 saturated heterocycles. The van der Waals surface area contributed by atoms with Gasteiger partial charge in [-0.1, -0.05) is 78.9 Å². The zero-order valence-corrected chi connectivity index (χ0v) is 16.4. The molecule has 0 radical (unpaired) electrons. The fraction of sp³-hybridized carbons (Fsp3) is 0.240. The third-order valence-corrected chi connectivity index (χ3v) is 4.49. The van der Waals surface area contributed by atoms with Crippen LogP contribution in [0.3, 0.4) is 0 Å². The van der Waals surface area contributed by atoms with Crippen LogP contribution in [0, 0.1) is 6.92 Å². The maximum absolute atomic E-state index is 5.11. The van der Waals surface area contributed by atoms with Gasteiger partial charge >= 0.3 is 0 Å². The first-order valence-electron chi connectivity index (χ1n) is 9.26. The maximum atomic E-state index is 5.11. The highest BCUT2D eigenvalue weighted by Gasteiger charge is 2.15. The van der Waals surface area contributed by atoms with Gasteiger partial charge in [-0.05, 0) is 57.3 Å². The van der Waals surface area contributed by atoms with E-state index in [-0.39, 0.29) is 0 Å². The Kier molecular flexibility index (Phi) is 7.35. The number of nitrogens with zero attached hydrogens (tertiary/aromatic N) is 1. The van der Waals surface area contributed by atoms with E-state index in [0.717, 1.165) is 35.4 Å². The minimum Gasteiger partial charge on any atom is -0.248 e. The molecule has 0 unspecified atom stereocenters. The summed E-state index contributed by atoms with van der Waals surface area (Å²) in [6, 6.07) is 8.63. The van der Waals surface area contributed by atoms with Crippen LogP contribution in [0.25, 0.3) is 0 Å². The SMILES string of the molecule is C=C\C=C/C(=C\C)C(=C\C)/N=C(C1=CCCC=C1C)c1ccc(C)cc1. The highest BCUT2D eigenvalue weighted by atomic mass is 14.8. The summed E-state index contributed by atoms with van der Waals surface area (Å²) in [7, 11) is 0. The molecule has 26 heavy (non-hydrogen) atoms. The molecular weight excluding hydrogens is 314 g/mol. The summed E-state index contributed by atoms with van der Waals surface area (Å²) < 4.78 is 0. The highest BCUT2D eigenvalue weighted by Crippen LogP contribution is 2.26. The van der Waals surface area contributed by atoms with Crippen molar-refractivity contribution in [3.05, 3.63) is 107 Å². The molecule has 1 aromatic rings. The lowest BCUT2D eigenvalue weighted by Crippen LogP contribution is -2.09. The van der Waals surface area contributed by atoms with Gasteiger partial charge in [-0.25, -0.2) is 4.99 Å². The van der Waals surface area contributed by atoms with Crippen LogP contribution in [0.1, 0.15) is 44.7 Å². The van der Waals surface area contributed by atoms with Gasteiger partial charge in [0.25, 0.3) is 0 Å². The van der Waals surface area contributed by atoms with Crippen molar-refractivity contribution in [1.82, 2.24) is 0 Å².